The van der Waals surface area contributed by atoms with Gasteiger partial charge in [-0.3, -0.25) is 4.79 Å². The van der Waals surface area contributed by atoms with Crippen LogP contribution in [0.3, 0.4) is 0 Å². The molecule has 0 amide bonds. The van der Waals surface area contributed by atoms with Crippen LogP contribution in [0, 0.1) is 0 Å². The maximum atomic E-state index is 11.7. The second-order valence-corrected chi connectivity index (χ2v) is 4.64. The summed E-state index contributed by atoms with van der Waals surface area (Å²) in [6.45, 7) is 1.02. The van der Waals surface area contributed by atoms with Crippen molar-refractivity contribution in [1.82, 2.24) is 0 Å². The van der Waals surface area contributed by atoms with Crippen LogP contribution in [-0.2, 0) is 14.6 Å². The second kappa shape index (κ2) is 4.16. The van der Waals surface area contributed by atoms with E-state index in [9.17, 15) is 13.2 Å². The van der Waals surface area contributed by atoms with Gasteiger partial charge in [-0.05, 0) is 12.1 Å². The highest BCUT2D eigenvalue weighted by molar-refractivity contribution is 8.08. The molecule has 5 nitrogen and oxygen atoms in total. The van der Waals surface area contributed by atoms with E-state index in [2.05, 4.69) is 4.79 Å². The molecule has 0 saturated heterocycles. The molecule has 0 unspecified atom stereocenters. The van der Waals surface area contributed by atoms with Crippen molar-refractivity contribution in [2.24, 2.45) is 0 Å². The Balaban J connectivity index is 3.39. The lowest BCUT2D eigenvalue weighted by molar-refractivity contribution is -0.114. The van der Waals surface area contributed by atoms with E-state index in [1.54, 1.807) is 6.07 Å². The molecule has 1 rings (SSSR count). The summed E-state index contributed by atoms with van der Waals surface area (Å²) in [5.74, 6) is -0.804. The van der Waals surface area contributed by atoms with E-state index in [1.807, 2.05) is 0 Å². The summed E-state index contributed by atoms with van der Waals surface area (Å²) in [6, 6.07) is 7.32. The molecule has 0 radical (unpaired) electrons. The van der Waals surface area contributed by atoms with Gasteiger partial charge in [-0.15, -0.1) is 4.79 Å². The molecular formula is C9H8N2O3S. The van der Waals surface area contributed by atoms with Crippen molar-refractivity contribution in [2.75, 3.05) is 0 Å². The molecule has 0 heterocycles. The summed E-state index contributed by atoms with van der Waals surface area (Å²) in [7, 11) is -4.00. The lowest BCUT2D eigenvalue weighted by atomic mass is 10.4. The molecule has 0 spiro atoms. The average Bonchev–Trinajstić information content (AvgIpc) is 2.19. The van der Waals surface area contributed by atoms with Crippen molar-refractivity contribution in [2.45, 2.75) is 11.8 Å². The third-order valence-corrected chi connectivity index (χ3v) is 3.47. The van der Waals surface area contributed by atoms with Gasteiger partial charge in [0.1, 0.15) is 0 Å². The van der Waals surface area contributed by atoms with Gasteiger partial charge >= 0.3 is 5.04 Å². The smallest absolute Gasteiger partial charge is 0.360 e. The highest BCUT2D eigenvalue weighted by Gasteiger charge is 2.34. The highest BCUT2D eigenvalue weighted by Crippen LogP contribution is 2.11. The quantitative estimate of drug-likeness (QED) is 0.320. The Morgan fingerprint density at radius 1 is 1.27 bits per heavy atom. The molecule has 0 atom stereocenters. The van der Waals surface area contributed by atoms with E-state index in [1.165, 1.54) is 24.3 Å². The van der Waals surface area contributed by atoms with Crippen LogP contribution in [0.15, 0.2) is 35.2 Å². The Labute approximate surface area is 86.9 Å². The van der Waals surface area contributed by atoms with Crippen molar-refractivity contribution in [3.8, 4) is 0 Å². The lowest BCUT2D eigenvalue weighted by Gasteiger charge is -1.96. The number of hydrogen-bond donors (Lipinski definition) is 0. The fraction of sp³-hybridized carbons (Fsp3) is 0.111. The Morgan fingerprint density at radius 2 is 1.80 bits per heavy atom. The number of ketones is 1. The minimum atomic E-state index is -4.00. The van der Waals surface area contributed by atoms with Crippen LogP contribution in [-0.4, -0.2) is 24.0 Å². The molecule has 15 heavy (non-hydrogen) atoms. The van der Waals surface area contributed by atoms with E-state index in [4.69, 9.17) is 5.53 Å². The molecule has 0 aliphatic rings. The minimum Gasteiger partial charge on any atom is -0.360 e. The lowest BCUT2D eigenvalue weighted by Crippen LogP contribution is -2.23. The van der Waals surface area contributed by atoms with E-state index >= 15 is 0 Å². The number of hydrogen-bond acceptors (Lipinski definition) is 3. The summed E-state index contributed by atoms with van der Waals surface area (Å²) in [5.41, 5.74) is 8.48. The largest absolute Gasteiger partial charge is 0.451 e. The summed E-state index contributed by atoms with van der Waals surface area (Å²) in [6.07, 6.45) is 0. The molecule has 0 aliphatic carbocycles. The molecule has 0 N–H and O–H groups in total. The third-order valence-electron chi connectivity index (χ3n) is 1.70. The van der Waals surface area contributed by atoms with Gasteiger partial charge in [0.2, 0.25) is 0 Å². The molecule has 0 aromatic heterocycles. The van der Waals surface area contributed by atoms with Gasteiger partial charge in [-0.25, -0.2) is 8.42 Å². The first kappa shape index (κ1) is 11.3. The zero-order valence-corrected chi connectivity index (χ0v) is 8.73. The Kier molecular flexibility index (Phi) is 3.14. The first-order valence-corrected chi connectivity index (χ1v) is 5.51. The van der Waals surface area contributed by atoms with E-state index in [0.29, 0.717) is 0 Å². The monoisotopic (exact) mass is 224 g/mol. The molecule has 1 aromatic carbocycles. The SMILES string of the molecule is CC(=O)C(=[N+]=[N-])S(=O)(=O)c1ccccc1. The molecule has 0 aliphatic heterocycles. The van der Waals surface area contributed by atoms with Gasteiger partial charge in [-0.1, -0.05) is 18.2 Å². The van der Waals surface area contributed by atoms with Crippen molar-refractivity contribution >= 4 is 20.7 Å². The summed E-state index contributed by atoms with van der Waals surface area (Å²) in [4.78, 5) is 13.4. The van der Waals surface area contributed by atoms with E-state index in [0.717, 1.165) is 6.92 Å². The van der Waals surface area contributed by atoms with Crippen molar-refractivity contribution in [1.29, 1.82) is 0 Å². The van der Waals surface area contributed by atoms with Crippen LogP contribution in [0.2, 0.25) is 0 Å². The standard InChI is InChI=1S/C9H8N2O3S/c1-7(12)9(11-10)15(13,14)8-5-3-2-4-6-8/h2-6H,1H3. The van der Waals surface area contributed by atoms with Crippen LogP contribution < -0.4 is 0 Å². The zero-order valence-electron chi connectivity index (χ0n) is 7.91. The average molecular weight is 224 g/mol. The molecular weight excluding hydrogens is 216 g/mol. The van der Waals surface area contributed by atoms with Crippen LogP contribution in [0.25, 0.3) is 5.53 Å². The topological polar surface area (TPSA) is 87.6 Å². The van der Waals surface area contributed by atoms with Crippen molar-refractivity contribution < 1.29 is 18.0 Å². The summed E-state index contributed by atoms with van der Waals surface area (Å²) >= 11 is 0. The molecule has 6 heteroatoms. The first-order chi connectivity index (χ1) is 7.00. The van der Waals surface area contributed by atoms with E-state index in [-0.39, 0.29) is 4.90 Å². The number of rotatable bonds is 2. The Hall–Kier alpha value is -1.78. The maximum absolute atomic E-state index is 11.7. The van der Waals surface area contributed by atoms with Crippen LogP contribution >= 0.6 is 0 Å². The number of sulfone groups is 1. The fourth-order valence-electron chi connectivity index (χ4n) is 1.02. The molecule has 0 fully saturated rings. The second-order valence-electron chi connectivity index (χ2n) is 2.78. The van der Waals surface area contributed by atoms with Crippen LogP contribution in [0.4, 0.5) is 0 Å². The Bertz CT molecular complexity index is 528. The van der Waals surface area contributed by atoms with Crippen molar-refractivity contribution in [3.63, 3.8) is 0 Å². The molecule has 78 valence electrons. The first-order valence-electron chi connectivity index (χ1n) is 4.03. The maximum Gasteiger partial charge on any atom is 0.451 e. The van der Waals surface area contributed by atoms with Crippen LogP contribution in [0.1, 0.15) is 6.92 Å². The number of carbonyl (C=O) groups excluding carboxylic acids is 1. The van der Waals surface area contributed by atoms with Gasteiger partial charge < -0.3 is 5.53 Å². The number of nitrogens with zero attached hydrogens (tertiary/aromatic N) is 2. The summed E-state index contributed by atoms with van der Waals surface area (Å²) < 4.78 is 23.4. The number of carbonyl (C=O) groups is 1. The van der Waals surface area contributed by atoms with Gasteiger partial charge in [0, 0.05) is 6.92 Å². The third kappa shape index (κ3) is 2.18. The van der Waals surface area contributed by atoms with Gasteiger partial charge in [0.05, 0.1) is 4.90 Å². The molecule has 0 saturated carbocycles. The minimum absolute atomic E-state index is 0.0759. The summed E-state index contributed by atoms with van der Waals surface area (Å²) in [5, 5.41) is -0.853. The molecule has 0 bridgehead atoms. The predicted molar refractivity (Wildman–Crippen MR) is 52.9 cm³/mol. The number of Topliss-reactive ketones (excluding diaryl/α,β-unsaturated/α-hetero) is 1. The van der Waals surface area contributed by atoms with Crippen LogP contribution in [0.5, 0.6) is 0 Å². The molecule has 1 aromatic rings. The van der Waals surface area contributed by atoms with E-state index < -0.39 is 20.7 Å². The van der Waals surface area contributed by atoms with Crippen molar-refractivity contribution in [3.05, 3.63) is 35.9 Å². The normalized spacial score (nSPS) is 10.5. The van der Waals surface area contributed by atoms with Gasteiger partial charge in [-0.2, -0.15) is 0 Å². The zero-order chi connectivity index (χ0) is 11.5. The fourth-order valence-corrected chi connectivity index (χ4v) is 2.25. The van der Waals surface area contributed by atoms with Gasteiger partial charge in [0.15, 0.2) is 0 Å². The predicted octanol–water partition coefficient (Wildman–Crippen LogP) is 0.678. The number of benzene rings is 1. The highest BCUT2D eigenvalue weighted by atomic mass is 32.2. The van der Waals surface area contributed by atoms with Gasteiger partial charge in [0.25, 0.3) is 15.6 Å². The Morgan fingerprint density at radius 3 is 2.20 bits per heavy atom.